The summed E-state index contributed by atoms with van der Waals surface area (Å²) >= 11 is 0. The summed E-state index contributed by atoms with van der Waals surface area (Å²) in [6, 6.07) is 0. The van der Waals surface area contributed by atoms with Crippen molar-refractivity contribution in [2.24, 2.45) is 28.6 Å². The molecule has 0 aromatic rings. The first-order valence-corrected chi connectivity index (χ1v) is 8.69. The molecule has 0 spiro atoms. The number of fused-ring (bicyclic) bond motifs is 1. The lowest BCUT2D eigenvalue weighted by Gasteiger charge is -2.45. The third-order valence-electron chi connectivity index (χ3n) is 5.75. The van der Waals surface area contributed by atoms with E-state index in [1.165, 1.54) is 5.57 Å². The Hall–Kier alpha value is -1.05. The minimum absolute atomic E-state index is 0.00396. The molecule has 4 atom stereocenters. The summed E-state index contributed by atoms with van der Waals surface area (Å²) in [6.45, 7) is 15.0. The molecular weight excluding hydrogens is 272 g/mol. The number of allylic oxidation sites excluding steroid dienone is 3. The minimum atomic E-state index is -0.398. The van der Waals surface area contributed by atoms with E-state index in [2.05, 4.69) is 45.9 Å². The average molecular weight is 304 g/mol. The van der Waals surface area contributed by atoms with Crippen LogP contribution in [0.15, 0.2) is 23.8 Å². The van der Waals surface area contributed by atoms with E-state index < -0.39 is 5.41 Å². The summed E-state index contributed by atoms with van der Waals surface area (Å²) in [6.07, 6.45) is 8.64. The summed E-state index contributed by atoms with van der Waals surface area (Å²) in [7, 11) is 0. The van der Waals surface area contributed by atoms with Crippen molar-refractivity contribution in [2.45, 2.75) is 67.4 Å². The first-order valence-electron chi connectivity index (χ1n) is 8.69. The highest BCUT2D eigenvalue weighted by Gasteiger charge is 2.43. The summed E-state index contributed by atoms with van der Waals surface area (Å²) in [5.41, 5.74) is 1.04. The quantitative estimate of drug-likeness (QED) is 0.674. The first kappa shape index (κ1) is 17.3. The van der Waals surface area contributed by atoms with E-state index in [0.29, 0.717) is 17.8 Å². The fourth-order valence-electron chi connectivity index (χ4n) is 3.59. The van der Waals surface area contributed by atoms with E-state index in [0.717, 1.165) is 12.8 Å². The third kappa shape index (κ3) is 3.31. The van der Waals surface area contributed by atoms with Crippen molar-refractivity contribution >= 4 is 5.97 Å². The van der Waals surface area contributed by atoms with Crippen LogP contribution in [0, 0.1) is 28.6 Å². The van der Waals surface area contributed by atoms with Crippen molar-refractivity contribution in [1.82, 2.24) is 0 Å². The maximum Gasteiger partial charge on any atom is 0.311 e. The van der Waals surface area contributed by atoms with Gasteiger partial charge in [0, 0.05) is 5.92 Å². The van der Waals surface area contributed by atoms with Crippen molar-refractivity contribution in [1.29, 1.82) is 0 Å². The van der Waals surface area contributed by atoms with Crippen molar-refractivity contribution < 1.29 is 9.53 Å². The van der Waals surface area contributed by atoms with E-state index >= 15 is 0 Å². The van der Waals surface area contributed by atoms with Crippen LogP contribution in [0.2, 0.25) is 0 Å². The Morgan fingerprint density at radius 1 is 1.36 bits per heavy atom. The average Bonchev–Trinajstić information content (AvgIpc) is 2.41. The standard InChI is InChI=1S/C20H32O2/c1-8-20(6,7)18(21)22-16-12-19(4,5)11-15-10-9-13(2)14(3)17(15)16/h9-11,13-14,16-17H,8,12H2,1-7H3/t13-,14-,16-,17+/m0/s1. The molecule has 2 aliphatic rings. The highest BCUT2D eigenvalue weighted by molar-refractivity contribution is 5.76. The first-order chi connectivity index (χ1) is 10.1. The van der Waals surface area contributed by atoms with Gasteiger partial charge in [-0.05, 0) is 49.5 Å². The zero-order valence-electron chi connectivity index (χ0n) is 15.3. The van der Waals surface area contributed by atoms with Crippen LogP contribution >= 0.6 is 0 Å². The largest absolute Gasteiger partial charge is 0.461 e. The van der Waals surface area contributed by atoms with E-state index in [1.807, 2.05) is 20.8 Å². The van der Waals surface area contributed by atoms with E-state index in [-0.39, 0.29) is 17.5 Å². The van der Waals surface area contributed by atoms with Crippen LogP contribution in [0.3, 0.4) is 0 Å². The topological polar surface area (TPSA) is 26.3 Å². The van der Waals surface area contributed by atoms with Crippen LogP contribution in [0.25, 0.3) is 0 Å². The van der Waals surface area contributed by atoms with E-state index in [1.54, 1.807) is 0 Å². The fraction of sp³-hybridized carbons (Fsp3) is 0.750. The van der Waals surface area contributed by atoms with Crippen molar-refractivity contribution in [2.75, 3.05) is 0 Å². The van der Waals surface area contributed by atoms with Crippen molar-refractivity contribution in [3.05, 3.63) is 23.8 Å². The molecule has 0 radical (unpaired) electrons. The van der Waals surface area contributed by atoms with Gasteiger partial charge in [0.1, 0.15) is 6.10 Å². The Labute approximate surface area is 136 Å². The lowest BCUT2D eigenvalue weighted by atomic mass is 9.64. The molecule has 0 aromatic heterocycles. The van der Waals surface area contributed by atoms with Gasteiger partial charge in [0.05, 0.1) is 5.41 Å². The van der Waals surface area contributed by atoms with E-state index in [4.69, 9.17) is 4.74 Å². The van der Waals surface area contributed by atoms with Crippen molar-refractivity contribution in [3.8, 4) is 0 Å². The molecule has 2 heteroatoms. The smallest absolute Gasteiger partial charge is 0.311 e. The number of esters is 1. The van der Waals surface area contributed by atoms with Gasteiger partial charge < -0.3 is 4.74 Å². The van der Waals surface area contributed by atoms with Crippen LogP contribution in [0.5, 0.6) is 0 Å². The molecule has 0 saturated heterocycles. The molecular formula is C20H32O2. The van der Waals surface area contributed by atoms with Gasteiger partial charge in [-0.25, -0.2) is 0 Å². The number of hydrogen-bond acceptors (Lipinski definition) is 2. The molecule has 0 heterocycles. The van der Waals surface area contributed by atoms with Crippen LogP contribution in [-0.2, 0) is 9.53 Å². The Morgan fingerprint density at radius 3 is 2.59 bits per heavy atom. The molecule has 0 unspecified atom stereocenters. The van der Waals surface area contributed by atoms with Gasteiger partial charge in [0.15, 0.2) is 0 Å². The predicted octanol–water partition coefficient (Wildman–Crippen LogP) is 5.15. The molecule has 0 amide bonds. The Morgan fingerprint density at radius 2 is 2.00 bits per heavy atom. The van der Waals surface area contributed by atoms with Gasteiger partial charge in [0.25, 0.3) is 0 Å². The van der Waals surface area contributed by atoms with Crippen LogP contribution in [-0.4, -0.2) is 12.1 Å². The molecule has 2 nitrogen and oxygen atoms in total. The number of ether oxygens (including phenoxy) is 1. The van der Waals surface area contributed by atoms with Crippen LogP contribution in [0.4, 0.5) is 0 Å². The molecule has 0 fully saturated rings. The van der Waals surface area contributed by atoms with Gasteiger partial charge in [-0.3, -0.25) is 4.79 Å². The van der Waals surface area contributed by atoms with Gasteiger partial charge in [-0.1, -0.05) is 52.8 Å². The Balaban J connectivity index is 2.29. The number of carbonyl (C=O) groups is 1. The van der Waals surface area contributed by atoms with Crippen LogP contribution < -0.4 is 0 Å². The molecule has 0 saturated carbocycles. The zero-order valence-corrected chi connectivity index (χ0v) is 15.3. The second-order valence-electron chi connectivity index (χ2n) is 8.62. The fourth-order valence-corrected chi connectivity index (χ4v) is 3.59. The molecule has 124 valence electrons. The SMILES string of the molecule is CCC(C)(C)C(=O)O[C@H]1CC(C)(C)C=C2C=C[C@H](C)[C@H](C)[C@H]21. The van der Waals surface area contributed by atoms with E-state index in [9.17, 15) is 4.79 Å². The summed E-state index contributed by atoms with van der Waals surface area (Å²) in [4.78, 5) is 12.6. The molecule has 0 bridgehead atoms. The predicted molar refractivity (Wildman–Crippen MR) is 91.4 cm³/mol. The lowest BCUT2D eigenvalue weighted by molar-refractivity contribution is -0.165. The van der Waals surface area contributed by atoms with Gasteiger partial charge in [-0.2, -0.15) is 0 Å². The molecule has 22 heavy (non-hydrogen) atoms. The second-order valence-corrected chi connectivity index (χ2v) is 8.62. The molecule has 0 aromatic carbocycles. The highest BCUT2D eigenvalue weighted by atomic mass is 16.5. The Kier molecular flexibility index (Phi) is 4.61. The number of carbonyl (C=O) groups excluding carboxylic acids is 1. The third-order valence-corrected chi connectivity index (χ3v) is 5.75. The van der Waals surface area contributed by atoms with Gasteiger partial charge in [-0.15, -0.1) is 0 Å². The summed E-state index contributed by atoms with van der Waals surface area (Å²) < 4.78 is 6.06. The summed E-state index contributed by atoms with van der Waals surface area (Å²) in [5, 5.41) is 0. The lowest BCUT2D eigenvalue weighted by Crippen LogP contribution is -2.43. The number of rotatable bonds is 3. The molecule has 0 N–H and O–H groups in total. The summed E-state index contributed by atoms with van der Waals surface area (Å²) in [5.74, 6) is 1.33. The second kappa shape index (κ2) is 5.86. The highest BCUT2D eigenvalue weighted by Crippen LogP contribution is 2.46. The van der Waals surface area contributed by atoms with Crippen LogP contribution in [0.1, 0.15) is 61.3 Å². The zero-order chi connectivity index (χ0) is 16.7. The van der Waals surface area contributed by atoms with Gasteiger partial charge in [0.2, 0.25) is 0 Å². The van der Waals surface area contributed by atoms with Gasteiger partial charge >= 0.3 is 5.97 Å². The number of hydrogen-bond donors (Lipinski definition) is 0. The maximum absolute atomic E-state index is 12.6. The molecule has 0 aliphatic heterocycles. The molecule has 2 rings (SSSR count). The normalized spacial score (nSPS) is 33.9. The van der Waals surface area contributed by atoms with Crippen molar-refractivity contribution in [3.63, 3.8) is 0 Å². The molecule has 2 aliphatic carbocycles. The maximum atomic E-state index is 12.6. The minimum Gasteiger partial charge on any atom is -0.461 e. The monoisotopic (exact) mass is 304 g/mol. The Bertz CT molecular complexity index is 496.